The van der Waals surface area contributed by atoms with E-state index < -0.39 is 5.79 Å². The second kappa shape index (κ2) is 4.50. The van der Waals surface area contributed by atoms with Gasteiger partial charge in [0.1, 0.15) is 5.82 Å². The molecule has 1 aromatic rings. The Bertz CT molecular complexity index is 292. The Kier molecular flexibility index (Phi) is 3.57. The molecule has 3 nitrogen and oxygen atoms in total. The zero-order valence-electron chi connectivity index (χ0n) is 8.29. The second-order valence-corrected chi connectivity index (χ2v) is 2.85. The molecule has 0 fully saturated rings. The Morgan fingerprint density at radius 2 is 1.86 bits per heavy atom. The maximum Gasteiger partial charge on any atom is 0.209 e. The summed E-state index contributed by atoms with van der Waals surface area (Å²) in [6.07, 6.45) is 0. The lowest BCUT2D eigenvalue weighted by Crippen LogP contribution is -2.39. The lowest BCUT2D eigenvalue weighted by molar-refractivity contribution is -0.209. The fourth-order valence-electron chi connectivity index (χ4n) is 1.35. The maximum absolute atomic E-state index is 13.4. The summed E-state index contributed by atoms with van der Waals surface area (Å²) in [6, 6.07) is 6.25. The standard InChI is InChI=1S/C10H14FNO2/c1-13-10(7-12,14-2)8-5-3-4-6-9(8)11/h3-6H,7,12H2,1-2H3. The van der Waals surface area contributed by atoms with Crippen molar-refractivity contribution in [3.8, 4) is 0 Å². The maximum atomic E-state index is 13.4. The van der Waals surface area contributed by atoms with Gasteiger partial charge in [-0.2, -0.15) is 0 Å². The Labute approximate surface area is 82.6 Å². The number of hydrogen-bond acceptors (Lipinski definition) is 3. The lowest BCUT2D eigenvalue weighted by atomic mass is 10.1. The van der Waals surface area contributed by atoms with E-state index in [2.05, 4.69) is 0 Å². The SMILES string of the molecule is COC(CN)(OC)c1ccccc1F. The van der Waals surface area contributed by atoms with Crippen LogP contribution in [-0.2, 0) is 15.3 Å². The van der Waals surface area contributed by atoms with E-state index in [9.17, 15) is 4.39 Å². The van der Waals surface area contributed by atoms with Gasteiger partial charge in [-0.1, -0.05) is 18.2 Å². The molecule has 0 unspecified atom stereocenters. The number of halogens is 1. The third kappa shape index (κ3) is 1.77. The van der Waals surface area contributed by atoms with E-state index in [4.69, 9.17) is 15.2 Å². The van der Waals surface area contributed by atoms with E-state index in [1.165, 1.54) is 20.3 Å². The lowest BCUT2D eigenvalue weighted by Gasteiger charge is -2.29. The van der Waals surface area contributed by atoms with E-state index in [1.807, 2.05) is 0 Å². The van der Waals surface area contributed by atoms with E-state index >= 15 is 0 Å². The summed E-state index contributed by atoms with van der Waals surface area (Å²) < 4.78 is 23.7. The topological polar surface area (TPSA) is 44.5 Å². The van der Waals surface area contributed by atoms with Gasteiger partial charge in [0.05, 0.1) is 6.54 Å². The van der Waals surface area contributed by atoms with Crippen LogP contribution >= 0.6 is 0 Å². The van der Waals surface area contributed by atoms with Gasteiger partial charge >= 0.3 is 0 Å². The van der Waals surface area contributed by atoms with Gasteiger partial charge in [-0.15, -0.1) is 0 Å². The first-order valence-corrected chi connectivity index (χ1v) is 4.25. The molecule has 0 aliphatic heterocycles. The summed E-state index contributed by atoms with van der Waals surface area (Å²) in [5.41, 5.74) is 5.83. The van der Waals surface area contributed by atoms with Crippen LogP contribution < -0.4 is 5.73 Å². The van der Waals surface area contributed by atoms with Gasteiger partial charge in [-0.25, -0.2) is 4.39 Å². The van der Waals surface area contributed by atoms with Crippen molar-refractivity contribution >= 4 is 0 Å². The quantitative estimate of drug-likeness (QED) is 0.742. The molecule has 0 saturated carbocycles. The van der Waals surface area contributed by atoms with Crippen molar-refractivity contribution in [2.24, 2.45) is 5.73 Å². The fourth-order valence-corrected chi connectivity index (χ4v) is 1.35. The summed E-state index contributed by atoms with van der Waals surface area (Å²) in [5, 5.41) is 0. The third-order valence-corrected chi connectivity index (χ3v) is 2.21. The van der Waals surface area contributed by atoms with Gasteiger partial charge in [-0.3, -0.25) is 0 Å². The van der Waals surface area contributed by atoms with Crippen molar-refractivity contribution in [1.82, 2.24) is 0 Å². The molecule has 0 aromatic heterocycles. The average molecular weight is 199 g/mol. The number of benzene rings is 1. The van der Waals surface area contributed by atoms with Gasteiger partial charge < -0.3 is 15.2 Å². The number of nitrogens with two attached hydrogens (primary N) is 1. The Morgan fingerprint density at radius 1 is 1.29 bits per heavy atom. The van der Waals surface area contributed by atoms with Crippen molar-refractivity contribution in [2.75, 3.05) is 20.8 Å². The molecule has 4 heteroatoms. The third-order valence-electron chi connectivity index (χ3n) is 2.21. The highest BCUT2D eigenvalue weighted by Crippen LogP contribution is 2.26. The van der Waals surface area contributed by atoms with Crippen LogP contribution in [0.4, 0.5) is 4.39 Å². The van der Waals surface area contributed by atoms with E-state index in [0.717, 1.165) is 0 Å². The molecule has 0 aliphatic carbocycles. The minimum absolute atomic E-state index is 0.0565. The van der Waals surface area contributed by atoms with Crippen molar-refractivity contribution in [1.29, 1.82) is 0 Å². The van der Waals surface area contributed by atoms with Crippen LogP contribution in [0.5, 0.6) is 0 Å². The predicted molar refractivity (Wildman–Crippen MR) is 51.2 cm³/mol. The molecule has 1 rings (SSSR count). The number of hydrogen-bond donors (Lipinski definition) is 1. The fraction of sp³-hybridized carbons (Fsp3) is 0.400. The van der Waals surface area contributed by atoms with Gasteiger partial charge in [0.15, 0.2) is 0 Å². The molecule has 14 heavy (non-hydrogen) atoms. The molecule has 0 heterocycles. The second-order valence-electron chi connectivity index (χ2n) is 2.85. The van der Waals surface area contributed by atoms with Crippen molar-refractivity contribution in [3.05, 3.63) is 35.6 Å². The molecule has 0 saturated heterocycles. The zero-order valence-corrected chi connectivity index (χ0v) is 8.29. The largest absolute Gasteiger partial charge is 0.348 e. The van der Waals surface area contributed by atoms with Crippen molar-refractivity contribution < 1.29 is 13.9 Å². The molecule has 2 N–H and O–H groups in total. The highest BCUT2D eigenvalue weighted by Gasteiger charge is 2.32. The summed E-state index contributed by atoms with van der Waals surface area (Å²) >= 11 is 0. The Balaban J connectivity index is 3.17. The van der Waals surface area contributed by atoms with Gasteiger partial charge in [0, 0.05) is 19.8 Å². The smallest absolute Gasteiger partial charge is 0.209 e. The molecular weight excluding hydrogens is 185 g/mol. The van der Waals surface area contributed by atoms with Crippen LogP contribution in [0, 0.1) is 5.82 Å². The molecule has 0 radical (unpaired) electrons. The highest BCUT2D eigenvalue weighted by molar-refractivity contribution is 5.23. The Morgan fingerprint density at radius 3 is 2.29 bits per heavy atom. The molecule has 0 atom stereocenters. The normalized spacial score (nSPS) is 11.7. The first-order chi connectivity index (χ1) is 6.70. The summed E-state index contributed by atoms with van der Waals surface area (Å²) in [4.78, 5) is 0. The predicted octanol–water partition coefficient (Wildman–Crippen LogP) is 1.23. The molecule has 0 bridgehead atoms. The van der Waals surface area contributed by atoms with Crippen LogP contribution in [-0.4, -0.2) is 20.8 Å². The van der Waals surface area contributed by atoms with Crippen LogP contribution in [0.2, 0.25) is 0 Å². The number of ether oxygens (including phenoxy) is 2. The minimum atomic E-state index is -1.19. The van der Waals surface area contributed by atoms with Crippen LogP contribution in [0.25, 0.3) is 0 Å². The zero-order chi connectivity index (χ0) is 10.6. The van der Waals surface area contributed by atoms with Gasteiger partial charge in [-0.05, 0) is 6.07 Å². The number of rotatable bonds is 4. The first kappa shape index (κ1) is 11.1. The summed E-state index contributed by atoms with van der Waals surface area (Å²) in [5.74, 6) is -1.58. The van der Waals surface area contributed by atoms with Crippen LogP contribution in [0.3, 0.4) is 0 Å². The Hall–Kier alpha value is -0.970. The van der Waals surface area contributed by atoms with Crippen molar-refractivity contribution in [3.63, 3.8) is 0 Å². The average Bonchev–Trinajstić information content (AvgIpc) is 2.24. The highest BCUT2D eigenvalue weighted by atomic mass is 19.1. The molecule has 1 aromatic carbocycles. The van der Waals surface area contributed by atoms with Gasteiger partial charge in [0.25, 0.3) is 0 Å². The molecule has 0 aliphatic rings. The van der Waals surface area contributed by atoms with E-state index in [-0.39, 0.29) is 12.4 Å². The molecular formula is C10H14FNO2. The van der Waals surface area contributed by atoms with Crippen LogP contribution in [0.15, 0.2) is 24.3 Å². The van der Waals surface area contributed by atoms with Gasteiger partial charge in [0.2, 0.25) is 5.79 Å². The molecule has 78 valence electrons. The minimum Gasteiger partial charge on any atom is -0.348 e. The monoisotopic (exact) mass is 199 g/mol. The number of methoxy groups -OCH3 is 2. The molecule has 0 amide bonds. The van der Waals surface area contributed by atoms with E-state index in [1.54, 1.807) is 18.2 Å². The van der Waals surface area contributed by atoms with E-state index in [0.29, 0.717) is 5.56 Å². The van der Waals surface area contributed by atoms with Crippen molar-refractivity contribution in [2.45, 2.75) is 5.79 Å². The molecule has 0 spiro atoms. The van der Waals surface area contributed by atoms with Crippen LogP contribution in [0.1, 0.15) is 5.56 Å². The summed E-state index contributed by atoms with van der Waals surface area (Å²) in [6.45, 7) is 0.0565. The first-order valence-electron chi connectivity index (χ1n) is 4.25. The summed E-state index contributed by atoms with van der Waals surface area (Å²) in [7, 11) is 2.87.